The highest BCUT2D eigenvalue weighted by Crippen LogP contribution is 1.90. The molecule has 0 aliphatic rings. The van der Waals surface area contributed by atoms with Gasteiger partial charge >= 0.3 is 0 Å². The van der Waals surface area contributed by atoms with Crippen molar-refractivity contribution in [3.63, 3.8) is 0 Å². The van der Waals surface area contributed by atoms with Crippen LogP contribution in [-0.2, 0) is 0 Å². The maximum absolute atomic E-state index is 8.90. The summed E-state index contributed by atoms with van der Waals surface area (Å²) >= 11 is 5.34. The molecule has 1 unspecified atom stereocenters. The Hall–Kier alpha value is -0.270. The lowest BCUT2D eigenvalue weighted by molar-refractivity contribution is 0.247. The minimum Gasteiger partial charge on any atom is -0.388 e. The Morgan fingerprint density at radius 2 is 2.20 bits per heavy atom. The molecule has 1 N–H and O–H groups in total. The van der Waals surface area contributed by atoms with Crippen LogP contribution in [0.15, 0.2) is 24.3 Å². The second-order valence-corrected chi connectivity index (χ2v) is 2.25. The molecule has 0 radical (unpaired) electrons. The highest BCUT2D eigenvalue weighted by molar-refractivity contribution is 6.18. The van der Waals surface area contributed by atoms with Crippen LogP contribution in [0.5, 0.6) is 0 Å². The number of hydrogen-bond acceptors (Lipinski definition) is 1. The van der Waals surface area contributed by atoms with Gasteiger partial charge < -0.3 is 5.11 Å². The molecular formula is C8H13ClO. The number of hydrogen-bond donors (Lipinski definition) is 1. The Morgan fingerprint density at radius 3 is 2.70 bits per heavy atom. The maximum atomic E-state index is 8.90. The first kappa shape index (κ1) is 9.73. The van der Waals surface area contributed by atoms with Crippen LogP contribution < -0.4 is 0 Å². The molecule has 0 aromatic carbocycles. The highest BCUT2D eigenvalue weighted by atomic mass is 35.5. The van der Waals surface area contributed by atoms with Crippen LogP contribution in [0.3, 0.4) is 0 Å². The van der Waals surface area contributed by atoms with Crippen LogP contribution in [0.2, 0.25) is 0 Å². The van der Waals surface area contributed by atoms with Crippen LogP contribution in [0.4, 0.5) is 0 Å². The van der Waals surface area contributed by atoms with Gasteiger partial charge in [0, 0.05) is 0 Å². The van der Waals surface area contributed by atoms with Crippen LogP contribution in [0.25, 0.3) is 0 Å². The van der Waals surface area contributed by atoms with E-state index in [-0.39, 0.29) is 5.88 Å². The summed E-state index contributed by atoms with van der Waals surface area (Å²) in [6.45, 7) is 2.06. The van der Waals surface area contributed by atoms with Crippen molar-refractivity contribution in [3.8, 4) is 0 Å². The van der Waals surface area contributed by atoms with Gasteiger partial charge in [-0.2, -0.15) is 0 Å². The smallest absolute Gasteiger partial charge is 0.0859 e. The molecule has 0 aliphatic heterocycles. The zero-order chi connectivity index (χ0) is 7.82. The second kappa shape index (κ2) is 6.84. The van der Waals surface area contributed by atoms with Gasteiger partial charge in [0.1, 0.15) is 0 Å². The Labute approximate surface area is 67.0 Å². The lowest BCUT2D eigenvalue weighted by Gasteiger charge is -1.94. The lowest BCUT2D eigenvalue weighted by Crippen LogP contribution is -2.01. The minimum atomic E-state index is -0.511. The van der Waals surface area contributed by atoms with Crippen molar-refractivity contribution in [2.75, 3.05) is 5.88 Å². The van der Waals surface area contributed by atoms with Gasteiger partial charge in [0.25, 0.3) is 0 Å². The summed E-state index contributed by atoms with van der Waals surface area (Å²) in [5.41, 5.74) is 0. The Kier molecular flexibility index (Phi) is 6.66. The predicted octanol–water partition coefficient (Wildman–Crippen LogP) is 2.11. The van der Waals surface area contributed by atoms with Crippen LogP contribution in [0, 0.1) is 0 Å². The van der Waals surface area contributed by atoms with Gasteiger partial charge in [0.2, 0.25) is 0 Å². The van der Waals surface area contributed by atoms with Crippen molar-refractivity contribution in [2.45, 2.75) is 19.4 Å². The van der Waals surface area contributed by atoms with Gasteiger partial charge in [-0.1, -0.05) is 31.2 Å². The molecule has 0 amide bonds. The first-order valence-corrected chi connectivity index (χ1v) is 3.92. The monoisotopic (exact) mass is 160 g/mol. The predicted molar refractivity (Wildman–Crippen MR) is 45.3 cm³/mol. The van der Waals surface area contributed by atoms with E-state index in [0.29, 0.717) is 0 Å². The number of aliphatic hydroxyl groups is 1. The van der Waals surface area contributed by atoms with Gasteiger partial charge in [-0.05, 0) is 6.42 Å². The number of aliphatic hydroxyl groups excluding tert-OH is 1. The van der Waals surface area contributed by atoms with Gasteiger partial charge in [0.15, 0.2) is 0 Å². The molecule has 10 heavy (non-hydrogen) atoms. The summed E-state index contributed by atoms with van der Waals surface area (Å²) in [5, 5.41) is 8.90. The average Bonchev–Trinajstić information content (AvgIpc) is 1.98. The van der Waals surface area contributed by atoms with Gasteiger partial charge in [-0.15, -0.1) is 11.6 Å². The van der Waals surface area contributed by atoms with Crippen molar-refractivity contribution in [1.82, 2.24) is 0 Å². The first-order valence-electron chi connectivity index (χ1n) is 3.38. The van der Waals surface area contributed by atoms with Crippen LogP contribution in [-0.4, -0.2) is 17.1 Å². The lowest BCUT2D eigenvalue weighted by atomic mass is 10.3. The number of rotatable bonds is 4. The standard InChI is InChI=1S/C8H13ClO/c1-2-3-4-5-6-8(10)7-9/h3-6,8,10H,2,7H2,1H3/b4-3-,6-5-. The van der Waals surface area contributed by atoms with E-state index in [4.69, 9.17) is 16.7 Å². The summed E-state index contributed by atoms with van der Waals surface area (Å²) in [4.78, 5) is 0. The molecule has 0 aromatic heterocycles. The van der Waals surface area contributed by atoms with E-state index < -0.39 is 6.10 Å². The zero-order valence-corrected chi connectivity index (χ0v) is 6.88. The fraction of sp³-hybridized carbons (Fsp3) is 0.500. The fourth-order valence-corrected chi connectivity index (χ4v) is 0.561. The summed E-state index contributed by atoms with van der Waals surface area (Å²) in [5.74, 6) is 0.260. The quantitative estimate of drug-likeness (QED) is 0.494. The molecule has 2 heteroatoms. The molecule has 0 aromatic rings. The largest absolute Gasteiger partial charge is 0.388 e. The normalized spacial score (nSPS) is 15.1. The van der Waals surface area contributed by atoms with Crippen molar-refractivity contribution >= 4 is 11.6 Å². The van der Waals surface area contributed by atoms with Crippen molar-refractivity contribution in [3.05, 3.63) is 24.3 Å². The fourth-order valence-electron chi connectivity index (χ4n) is 0.458. The third kappa shape index (κ3) is 5.86. The molecule has 0 heterocycles. The summed E-state index contributed by atoms with van der Waals surface area (Å²) in [6, 6.07) is 0. The van der Waals surface area contributed by atoms with Gasteiger partial charge in [0.05, 0.1) is 12.0 Å². The van der Waals surface area contributed by atoms with E-state index in [1.807, 2.05) is 12.2 Å². The van der Waals surface area contributed by atoms with E-state index in [0.717, 1.165) is 6.42 Å². The second-order valence-electron chi connectivity index (χ2n) is 1.94. The molecule has 0 saturated heterocycles. The van der Waals surface area contributed by atoms with Gasteiger partial charge in [-0.25, -0.2) is 0 Å². The summed E-state index contributed by atoms with van der Waals surface area (Å²) < 4.78 is 0. The molecule has 1 nitrogen and oxygen atoms in total. The van der Waals surface area contributed by atoms with E-state index >= 15 is 0 Å². The number of alkyl halides is 1. The number of halogens is 1. The zero-order valence-electron chi connectivity index (χ0n) is 6.13. The summed E-state index contributed by atoms with van der Waals surface area (Å²) in [6.07, 6.45) is 7.88. The average molecular weight is 161 g/mol. The molecule has 0 aliphatic carbocycles. The highest BCUT2D eigenvalue weighted by Gasteiger charge is 1.90. The molecule has 0 bridgehead atoms. The molecule has 0 fully saturated rings. The topological polar surface area (TPSA) is 20.2 Å². The van der Waals surface area contributed by atoms with E-state index in [9.17, 15) is 0 Å². The van der Waals surface area contributed by atoms with Crippen molar-refractivity contribution < 1.29 is 5.11 Å². The Balaban J connectivity index is 3.44. The van der Waals surface area contributed by atoms with Crippen LogP contribution >= 0.6 is 11.6 Å². The first-order chi connectivity index (χ1) is 4.81. The molecule has 0 rings (SSSR count). The van der Waals surface area contributed by atoms with E-state index in [1.165, 1.54) is 0 Å². The van der Waals surface area contributed by atoms with Gasteiger partial charge in [-0.3, -0.25) is 0 Å². The third-order valence-corrected chi connectivity index (χ3v) is 1.29. The van der Waals surface area contributed by atoms with Crippen molar-refractivity contribution in [1.29, 1.82) is 0 Å². The Bertz CT molecular complexity index is 118. The summed E-state index contributed by atoms with van der Waals surface area (Å²) in [7, 11) is 0. The molecule has 0 saturated carbocycles. The molecule has 1 atom stereocenters. The van der Waals surface area contributed by atoms with Crippen molar-refractivity contribution in [2.24, 2.45) is 0 Å². The minimum absolute atomic E-state index is 0.260. The number of allylic oxidation sites excluding steroid dienone is 3. The SMILES string of the molecule is CC/C=C\C=C/C(O)CCl. The molecule has 58 valence electrons. The molecular weight excluding hydrogens is 148 g/mol. The molecule has 0 spiro atoms. The Morgan fingerprint density at radius 1 is 1.50 bits per heavy atom. The van der Waals surface area contributed by atoms with E-state index in [1.54, 1.807) is 12.2 Å². The van der Waals surface area contributed by atoms with E-state index in [2.05, 4.69) is 6.92 Å². The maximum Gasteiger partial charge on any atom is 0.0859 e. The third-order valence-electron chi connectivity index (χ3n) is 0.974. The van der Waals surface area contributed by atoms with Crippen LogP contribution in [0.1, 0.15) is 13.3 Å².